The molecule has 1 saturated heterocycles. The second-order valence-electron chi connectivity index (χ2n) is 8.87. The molecular weight excluding hydrogens is 514 g/mol. The van der Waals surface area contributed by atoms with Gasteiger partial charge in [-0.25, -0.2) is 13.4 Å². The van der Waals surface area contributed by atoms with E-state index in [0.29, 0.717) is 47.2 Å². The van der Waals surface area contributed by atoms with Crippen LogP contribution in [-0.2, 0) is 21.2 Å². The van der Waals surface area contributed by atoms with Crippen LogP contribution < -0.4 is 10.1 Å². The number of fused-ring (bicyclic) bond motifs is 1. The van der Waals surface area contributed by atoms with Crippen molar-refractivity contribution in [3.05, 3.63) is 47.9 Å². The average molecular weight is 542 g/mol. The van der Waals surface area contributed by atoms with Crippen LogP contribution in [0.25, 0.3) is 21.6 Å². The lowest BCUT2D eigenvalue weighted by Gasteiger charge is -2.30. The minimum Gasteiger partial charge on any atom is -0.497 e. The van der Waals surface area contributed by atoms with Gasteiger partial charge in [0.15, 0.2) is 5.13 Å². The Kier molecular flexibility index (Phi) is 6.97. The first kappa shape index (κ1) is 25.3. The number of carbonyl (C=O) groups excluding carboxylic acids is 1. The molecule has 194 valence electrons. The van der Waals surface area contributed by atoms with E-state index in [1.165, 1.54) is 15.6 Å². The van der Waals surface area contributed by atoms with Crippen LogP contribution in [0.5, 0.6) is 5.75 Å². The van der Waals surface area contributed by atoms with Gasteiger partial charge in [0, 0.05) is 31.0 Å². The summed E-state index contributed by atoms with van der Waals surface area (Å²) in [6.45, 7) is 4.17. The van der Waals surface area contributed by atoms with Gasteiger partial charge in [0.1, 0.15) is 5.75 Å². The number of ether oxygens (including phenoxy) is 1. The number of hydrogen-bond donors (Lipinski definition) is 1. The van der Waals surface area contributed by atoms with Crippen molar-refractivity contribution in [3.63, 3.8) is 0 Å². The molecule has 0 bridgehead atoms. The number of methoxy groups -OCH3 is 1. The predicted octanol–water partition coefficient (Wildman–Crippen LogP) is 4.27. The summed E-state index contributed by atoms with van der Waals surface area (Å²) in [5, 5.41) is 7.38. The molecule has 3 heterocycles. The Morgan fingerprint density at radius 1 is 1.19 bits per heavy atom. The van der Waals surface area contributed by atoms with Crippen LogP contribution in [0, 0.1) is 12.8 Å². The largest absolute Gasteiger partial charge is 0.497 e. The van der Waals surface area contributed by atoms with E-state index >= 15 is 0 Å². The van der Waals surface area contributed by atoms with Gasteiger partial charge in [-0.05, 0) is 49.6 Å². The number of hydrogen-bond acceptors (Lipinski definition) is 9. The van der Waals surface area contributed by atoms with Crippen molar-refractivity contribution in [1.82, 2.24) is 19.4 Å². The smallest absolute Gasteiger partial charge is 0.243 e. The van der Waals surface area contributed by atoms with E-state index in [2.05, 4.69) is 20.4 Å². The first-order valence-electron chi connectivity index (χ1n) is 12.0. The molecule has 0 saturated carbocycles. The van der Waals surface area contributed by atoms with Crippen LogP contribution in [0.15, 0.2) is 45.8 Å². The van der Waals surface area contributed by atoms with Crippen LogP contribution in [-0.4, -0.2) is 54.0 Å². The number of piperidine rings is 1. The molecule has 37 heavy (non-hydrogen) atoms. The predicted molar refractivity (Wildman–Crippen MR) is 140 cm³/mol. The third-order valence-corrected chi connectivity index (χ3v) is 9.46. The zero-order valence-electron chi connectivity index (χ0n) is 20.7. The Morgan fingerprint density at radius 2 is 1.97 bits per heavy atom. The Hall–Kier alpha value is -3.35. The fourth-order valence-electron chi connectivity index (χ4n) is 4.32. The van der Waals surface area contributed by atoms with Crippen LogP contribution >= 0.6 is 11.3 Å². The number of nitrogens with zero attached hydrogens (tertiary/aromatic N) is 4. The Labute approximate surface area is 218 Å². The summed E-state index contributed by atoms with van der Waals surface area (Å²) in [7, 11) is -2.16. The van der Waals surface area contributed by atoms with E-state index in [-0.39, 0.29) is 29.8 Å². The van der Waals surface area contributed by atoms with Gasteiger partial charge in [-0.3, -0.25) is 4.79 Å². The monoisotopic (exact) mass is 541 g/mol. The van der Waals surface area contributed by atoms with Crippen molar-refractivity contribution in [2.75, 3.05) is 25.5 Å². The number of nitrogens with one attached hydrogen (secondary N) is 1. The number of amides is 1. The van der Waals surface area contributed by atoms with Gasteiger partial charge >= 0.3 is 0 Å². The molecule has 0 atom stereocenters. The van der Waals surface area contributed by atoms with Crippen LogP contribution in [0.3, 0.4) is 0 Å². The van der Waals surface area contributed by atoms with Gasteiger partial charge in [0.2, 0.25) is 27.6 Å². The molecule has 2 aromatic heterocycles. The van der Waals surface area contributed by atoms with E-state index in [9.17, 15) is 13.2 Å². The second-order valence-corrected chi connectivity index (χ2v) is 11.8. The number of aryl methyl sites for hydroxylation is 2. The summed E-state index contributed by atoms with van der Waals surface area (Å²) < 4.78 is 39.8. The van der Waals surface area contributed by atoms with Crippen LogP contribution in [0.4, 0.5) is 5.13 Å². The quantitative estimate of drug-likeness (QED) is 0.368. The minimum absolute atomic E-state index is 0.148. The molecule has 0 unspecified atom stereocenters. The van der Waals surface area contributed by atoms with Gasteiger partial charge in [-0.2, -0.15) is 9.29 Å². The van der Waals surface area contributed by atoms with Gasteiger partial charge in [-0.15, -0.1) is 0 Å². The van der Waals surface area contributed by atoms with Crippen molar-refractivity contribution in [2.24, 2.45) is 5.92 Å². The normalized spacial score (nSPS) is 15.2. The number of anilines is 1. The summed E-state index contributed by atoms with van der Waals surface area (Å²) in [6, 6.07) is 10.7. The third-order valence-electron chi connectivity index (χ3n) is 6.49. The molecule has 0 radical (unpaired) electrons. The Bertz CT molecular complexity index is 1550. The van der Waals surface area contributed by atoms with E-state index in [0.717, 1.165) is 16.0 Å². The molecule has 1 amide bonds. The summed E-state index contributed by atoms with van der Waals surface area (Å²) in [5.41, 5.74) is 2.00. The van der Waals surface area contributed by atoms with Crippen molar-refractivity contribution in [3.8, 4) is 17.1 Å². The topological polar surface area (TPSA) is 128 Å². The zero-order chi connectivity index (χ0) is 26.2. The summed E-state index contributed by atoms with van der Waals surface area (Å²) in [5.74, 6) is 1.13. The molecule has 0 spiro atoms. The first-order valence-corrected chi connectivity index (χ1v) is 14.2. The summed E-state index contributed by atoms with van der Waals surface area (Å²) >= 11 is 1.38. The highest BCUT2D eigenvalue weighted by Gasteiger charge is 2.33. The molecule has 10 nitrogen and oxygen atoms in total. The van der Waals surface area contributed by atoms with Crippen molar-refractivity contribution < 1.29 is 22.5 Å². The lowest BCUT2D eigenvalue weighted by atomic mass is 9.97. The first-order chi connectivity index (χ1) is 17.8. The molecule has 1 fully saturated rings. The highest BCUT2D eigenvalue weighted by Crippen LogP contribution is 2.32. The fraction of sp³-hybridized carbons (Fsp3) is 0.360. The molecule has 1 aliphatic heterocycles. The fourth-order valence-corrected chi connectivity index (χ4v) is 6.94. The maximum atomic E-state index is 13.5. The van der Waals surface area contributed by atoms with Crippen LogP contribution in [0.2, 0.25) is 0 Å². The average Bonchev–Trinajstić information content (AvgIpc) is 3.55. The number of benzene rings is 2. The lowest BCUT2D eigenvalue weighted by molar-refractivity contribution is -0.120. The van der Waals surface area contributed by atoms with E-state index in [1.54, 1.807) is 32.2 Å². The molecule has 4 aromatic rings. The third kappa shape index (κ3) is 5.09. The molecule has 1 N–H and O–H groups in total. The molecular formula is C25H27N5O5S2. The second kappa shape index (κ2) is 10.2. The maximum Gasteiger partial charge on any atom is 0.243 e. The summed E-state index contributed by atoms with van der Waals surface area (Å²) in [4.78, 5) is 21.9. The lowest BCUT2D eigenvalue weighted by Crippen LogP contribution is -2.41. The number of aromatic nitrogens is 3. The van der Waals surface area contributed by atoms with E-state index in [1.807, 2.05) is 25.1 Å². The highest BCUT2D eigenvalue weighted by molar-refractivity contribution is 7.89. The minimum atomic E-state index is -3.76. The highest BCUT2D eigenvalue weighted by atomic mass is 32.2. The van der Waals surface area contributed by atoms with Gasteiger partial charge < -0.3 is 14.6 Å². The molecule has 2 aromatic carbocycles. The number of rotatable bonds is 7. The van der Waals surface area contributed by atoms with E-state index in [4.69, 9.17) is 9.26 Å². The molecule has 1 aliphatic rings. The Balaban J connectivity index is 1.26. The van der Waals surface area contributed by atoms with Crippen LogP contribution in [0.1, 0.15) is 31.2 Å². The van der Waals surface area contributed by atoms with Crippen molar-refractivity contribution in [2.45, 2.75) is 38.0 Å². The molecule has 12 heteroatoms. The van der Waals surface area contributed by atoms with Crippen molar-refractivity contribution in [1.29, 1.82) is 0 Å². The SMILES string of the molecule is CCc1nc(-c2ccc(C)c(S(=O)(=O)N3CCC(C(=O)Nc4nc5ccc(OC)cc5s4)CC3)c2)no1. The number of thiazole rings is 1. The summed E-state index contributed by atoms with van der Waals surface area (Å²) in [6.07, 6.45) is 1.45. The molecule has 5 rings (SSSR count). The Morgan fingerprint density at radius 3 is 2.68 bits per heavy atom. The zero-order valence-corrected chi connectivity index (χ0v) is 22.4. The van der Waals surface area contributed by atoms with Gasteiger partial charge in [0.05, 0.1) is 22.2 Å². The van der Waals surface area contributed by atoms with Gasteiger partial charge in [0.25, 0.3) is 0 Å². The standard InChI is InChI=1S/C25H27N5O5S2/c1-4-22-27-23(29-35-22)17-6-5-15(2)21(13-17)37(32,33)30-11-9-16(10-12-30)24(31)28-25-26-19-8-7-18(34-3)14-20(19)36-25/h5-8,13-14,16H,4,9-12H2,1-3H3,(H,26,28,31). The van der Waals surface area contributed by atoms with Crippen molar-refractivity contribution >= 4 is 42.6 Å². The number of sulfonamides is 1. The number of carbonyl (C=O) groups is 1. The maximum absolute atomic E-state index is 13.5. The molecule has 0 aliphatic carbocycles. The van der Waals surface area contributed by atoms with E-state index < -0.39 is 10.0 Å². The van der Waals surface area contributed by atoms with Gasteiger partial charge in [-0.1, -0.05) is 35.5 Å².